The van der Waals surface area contributed by atoms with Crippen LogP contribution in [-0.2, 0) is 9.59 Å². The molecule has 36 heavy (non-hydrogen) atoms. The second kappa shape index (κ2) is 14.3. The van der Waals surface area contributed by atoms with Crippen molar-refractivity contribution in [2.75, 3.05) is 22.5 Å². The second-order valence-corrected chi connectivity index (χ2v) is 9.14. The summed E-state index contributed by atoms with van der Waals surface area (Å²) in [5.41, 5.74) is 0.797. The average Bonchev–Trinajstić information content (AvgIpc) is 2.83. The highest BCUT2D eigenvalue weighted by atomic mass is 19.4. The van der Waals surface area contributed by atoms with E-state index in [0.29, 0.717) is 30.0 Å². The molecule has 1 aliphatic carbocycles. The number of carboxylic acids is 1. The Morgan fingerprint density at radius 2 is 1.72 bits per heavy atom. The molecule has 2 aromatic rings. The first kappa shape index (κ1) is 28.9. The van der Waals surface area contributed by atoms with Crippen LogP contribution in [0, 0.1) is 11.8 Å². The van der Waals surface area contributed by atoms with Crippen molar-refractivity contribution in [3.8, 4) is 0 Å². The van der Waals surface area contributed by atoms with E-state index in [1.165, 1.54) is 32.1 Å². The average molecular weight is 510 g/mol. The van der Waals surface area contributed by atoms with Gasteiger partial charge in [0, 0.05) is 18.4 Å². The number of hydrogen-bond acceptors (Lipinski definition) is 6. The summed E-state index contributed by atoms with van der Waals surface area (Å²) in [5, 5.41) is 16.8. The second-order valence-electron chi connectivity index (χ2n) is 9.14. The summed E-state index contributed by atoms with van der Waals surface area (Å²) < 4.78 is 31.7. The van der Waals surface area contributed by atoms with Gasteiger partial charge in [-0.3, -0.25) is 4.79 Å². The summed E-state index contributed by atoms with van der Waals surface area (Å²) in [4.78, 5) is 30.7. The predicted molar refractivity (Wildman–Crippen MR) is 133 cm³/mol. The first-order chi connectivity index (χ1) is 17.0. The molecule has 0 bridgehead atoms. The lowest BCUT2D eigenvalue weighted by Gasteiger charge is -2.22. The predicted octanol–water partition coefficient (Wildman–Crippen LogP) is 5.57. The number of carbonyl (C=O) groups excluding carboxylic acids is 1. The van der Waals surface area contributed by atoms with Crippen LogP contribution < -0.4 is 16.0 Å². The Kier molecular flexibility index (Phi) is 11.4. The zero-order valence-electron chi connectivity index (χ0n) is 20.5. The Bertz CT molecular complexity index is 951. The largest absolute Gasteiger partial charge is 0.490 e. The molecule has 1 aromatic heterocycles. The number of amides is 1. The zero-order chi connectivity index (χ0) is 26.6. The summed E-state index contributed by atoms with van der Waals surface area (Å²) in [5.74, 6) is -0.450. The molecule has 1 amide bonds. The molecule has 8 nitrogen and oxygen atoms in total. The van der Waals surface area contributed by atoms with Gasteiger partial charge in [-0.2, -0.15) is 18.2 Å². The van der Waals surface area contributed by atoms with Gasteiger partial charge in [0.25, 0.3) is 0 Å². The van der Waals surface area contributed by atoms with Crippen molar-refractivity contribution in [1.82, 2.24) is 9.97 Å². The summed E-state index contributed by atoms with van der Waals surface area (Å²) in [7, 11) is 0. The van der Waals surface area contributed by atoms with Gasteiger partial charge in [0.15, 0.2) is 0 Å². The smallest absolute Gasteiger partial charge is 0.475 e. The minimum atomic E-state index is -5.08. The number of para-hydroxylation sites is 1. The van der Waals surface area contributed by atoms with Crippen LogP contribution in [0.2, 0.25) is 0 Å². The third-order valence-corrected chi connectivity index (χ3v) is 5.56. The monoisotopic (exact) mass is 509 g/mol. The van der Waals surface area contributed by atoms with Gasteiger partial charge in [-0.05, 0) is 49.3 Å². The van der Waals surface area contributed by atoms with Crippen LogP contribution in [0.25, 0.3) is 0 Å². The van der Waals surface area contributed by atoms with Crippen LogP contribution in [0.5, 0.6) is 0 Å². The SMILES string of the molecule is CC(C)C[C@H](Nc1ccnc(NCC2CCCCC2)n1)C(=O)Nc1ccccc1.O=C(O)C(F)(F)F. The lowest BCUT2D eigenvalue weighted by molar-refractivity contribution is -0.192. The van der Waals surface area contributed by atoms with Gasteiger partial charge in [-0.25, -0.2) is 9.78 Å². The normalized spacial score (nSPS) is 14.8. The maximum Gasteiger partial charge on any atom is 0.490 e. The number of aromatic nitrogens is 2. The standard InChI is InChI=1S/C23H33N5O.C2HF3O2/c1-17(2)15-20(22(29)26-19-11-7-4-8-12-19)27-21-13-14-24-23(28-21)25-16-18-9-5-3-6-10-18;3-2(4,5)1(6)7/h4,7-8,11-14,17-18,20H,3,5-6,9-10,15-16H2,1-2H3,(H,26,29)(H2,24,25,27,28);(H,6,7)/t20-;/m0./s1. The number of hydrogen-bond donors (Lipinski definition) is 4. The molecule has 11 heteroatoms. The summed E-state index contributed by atoms with van der Waals surface area (Å²) in [6.07, 6.45) is 3.93. The number of benzene rings is 1. The summed E-state index contributed by atoms with van der Waals surface area (Å²) in [6.45, 7) is 5.14. The Hall–Kier alpha value is -3.37. The maximum absolute atomic E-state index is 12.8. The van der Waals surface area contributed by atoms with E-state index < -0.39 is 12.1 Å². The number of carbonyl (C=O) groups is 2. The first-order valence-corrected chi connectivity index (χ1v) is 12.0. The Morgan fingerprint density at radius 3 is 2.31 bits per heavy atom. The number of rotatable bonds is 9. The molecule has 1 aliphatic rings. The van der Waals surface area contributed by atoms with E-state index in [4.69, 9.17) is 9.90 Å². The molecule has 0 spiro atoms. The molecule has 1 atom stereocenters. The minimum absolute atomic E-state index is 0.0553. The fourth-order valence-corrected chi connectivity index (χ4v) is 3.78. The van der Waals surface area contributed by atoms with Gasteiger partial charge >= 0.3 is 12.1 Å². The van der Waals surface area contributed by atoms with Crippen molar-refractivity contribution in [3.05, 3.63) is 42.6 Å². The number of alkyl halides is 3. The summed E-state index contributed by atoms with van der Waals surface area (Å²) >= 11 is 0. The molecule has 0 saturated heterocycles. The Balaban J connectivity index is 0.000000572. The van der Waals surface area contributed by atoms with E-state index in [2.05, 4.69) is 39.8 Å². The van der Waals surface area contributed by atoms with Crippen LogP contribution in [-0.4, -0.2) is 45.7 Å². The van der Waals surface area contributed by atoms with E-state index in [1.54, 1.807) is 6.20 Å². The lowest BCUT2D eigenvalue weighted by atomic mass is 9.89. The third kappa shape index (κ3) is 10.9. The topological polar surface area (TPSA) is 116 Å². The van der Waals surface area contributed by atoms with Crippen molar-refractivity contribution in [3.63, 3.8) is 0 Å². The number of halogens is 3. The van der Waals surface area contributed by atoms with Crippen LogP contribution in [0.1, 0.15) is 52.4 Å². The summed E-state index contributed by atoms with van der Waals surface area (Å²) in [6, 6.07) is 11.0. The molecule has 1 aromatic carbocycles. The van der Waals surface area contributed by atoms with Gasteiger partial charge in [-0.1, -0.05) is 51.3 Å². The molecule has 0 unspecified atom stereocenters. The molecule has 3 rings (SSSR count). The fraction of sp³-hybridized carbons (Fsp3) is 0.520. The van der Waals surface area contributed by atoms with Gasteiger partial charge < -0.3 is 21.1 Å². The molecule has 1 saturated carbocycles. The van der Waals surface area contributed by atoms with Crippen LogP contribution in [0.15, 0.2) is 42.6 Å². The highest BCUT2D eigenvalue weighted by Crippen LogP contribution is 2.23. The van der Waals surface area contributed by atoms with E-state index >= 15 is 0 Å². The van der Waals surface area contributed by atoms with Crippen LogP contribution >= 0.6 is 0 Å². The van der Waals surface area contributed by atoms with Crippen molar-refractivity contribution in [2.45, 2.75) is 64.6 Å². The molecular weight excluding hydrogens is 475 g/mol. The Morgan fingerprint density at radius 1 is 1.08 bits per heavy atom. The number of anilines is 3. The van der Waals surface area contributed by atoms with Crippen LogP contribution in [0.4, 0.5) is 30.6 Å². The molecule has 0 radical (unpaired) electrons. The molecule has 0 aliphatic heterocycles. The highest BCUT2D eigenvalue weighted by molar-refractivity contribution is 5.96. The van der Waals surface area contributed by atoms with Crippen molar-refractivity contribution in [1.29, 1.82) is 0 Å². The lowest BCUT2D eigenvalue weighted by Crippen LogP contribution is -2.36. The molecule has 198 valence electrons. The third-order valence-electron chi connectivity index (χ3n) is 5.56. The zero-order valence-corrected chi connectivity index (χ0v) is 20.5. The van der Waals surface area contributed by atoms with Gasteiger partial charge in [-0.15, -0.1) is 0 Å². The quantitative estimate of drug-likeness (QED) is 0.349. The van der Waals surface area contributed by atoms with Crippen molar-refractivity contribution in [2.24, 2.45) is 11.8 Å². The van der Waals surface area contributed by atoms with Gasteiger partial charge in [0.05, 0.1) is 0 Å². The fourth-order valence-electron chi connectivity index (χ4n) is 3.78. The van der Waals surface area contributed by atoms with Gasteiger partial charge in [0.1, 0.15) is 11.9 Å². The minimum Gasteiger partial charge on any atom is -0.475 e. The highest BCUT2D eigenvalue weighted by Gasteiger charge is 2.38. The number of aliphatic carboxylic acids is 1. The first-order valence-electron chi connectivity index (χ1n) is 12.0. The van der Waals surface area contributed by atoms with Crippen molar-refractivity contribution >= 4 is 29.3 Å². The van der Waals surface area contributed by atoms with Gasteiger partial charge in [0.2, 0.25) is 11.9 Å². The Labute approximate surface area is 209 Å². The maximum atomic E-state index is 12.8. The number of carboxylic acid groups (broad SMARTS) is 1. The van der Waals surface area contributed by atoms with E-state index in [0.717, 1.165) is 12.2 Å². The van der Waals surface area contributed by atoms with Crippen molar-refractivity contribution < 1.29 is 27.9 Å². The number of nitrogens with zero attached hydrogens (tertiary/aromatic N) is 2. The van der Waals surface area contributed by atoms with E-state index in [9.17, 15) is 18.0 Å². The molecule has 4 N–H and O–H groups in total. The molecule has 1 fully saturated rings. The number of nitrogens with one attached hydrogen (secondary N) is 3. The molecule has 1 heterocycles. The van der Waals surface area contributed by atoms with Crippen LogP contribution in [0.3, 0.4) is 0 Å². The van der Waals surface area contributed by atoms with E-state index in [-0.39, 0.29) is 11.9 Å². The van der Waals surface area contributed by atoms with E-state index in [1.807, 2.05) is 36.4 Å². The molecular formula is C25H34F3N5O3.